The summed E-state index contributed by atoms with van der Waals surface area (Å²) in [6.45, 7) is 1.79. The molecule has 4 rings (SSSR count). The lowest BCUT2D eigenvalue weighted by atomic mass is 10.1. The number of benzene rings is 1. The van der Waals surface area contributed by atoms with Gasteiger partial charge in [0.25, 0.3) is 5.91 Å². The summed E-state index contributed by atoms with van der Waals surface area (Å²) < 4.78 is 13.0. The van der Waals surface area contributed by atoms with Crippen LogP contribution in [-0.4, -0.2) is 51.0 Å². The van der Waals surface area contributed by atoms with Crippen molar-refractivity contribution in [3.63, 3.8) is 0 Å². The minimum absolute atomic E-state index is 0. The van der Waals surface area contributed by atoms with Crippen molar-refractivity contribution >= 4 is 18.3 Å². The van der Waals surface area contributed by atoms with E-state index in [0.29, 0.717) is 17.4 Å². The summed E-state index contributed by atoms with van der Waals surface area (Å²) >= 11 is 0. The van der Waals surface area contributed by atoms with E-state index in [0.717, 1.165) is 32.4 Å². The molecular weight excluding hydrogens is 333 g/mol. The number of nitrogens with zero attached hydrogens (tertiary/aromatic N) is 4. The Balaban J connectivity index is 0.00000169. The van der Waals surface area contributed by atoms with Crippen LogP contribution in [0, 0.1) is 5.82 Å². The van der Waals surface area contributed by atoms with Crippen LogP contribution in [0.3, 0.4) is 0 Å². The Morgan fingerprint density at radius 2 is 1.92 bits per heavy atom. The molecule has 8 heteroatoms. The summed E-state index contributed by atoms with van der Waals surface area (Å²) in [5.41, 5.74) is 0.971. The Kier molecular flexibility index (Phi) is 4.82. The number of hydrogen-bond acceptors (Lipinski definition) is 4. The van der Waals surface area contributed by atoms with Crippen LogP contribution in [0.5, 0.6) is 0 Å². The molecule has 1 N–H and O–H groups in total. The first-order valence-corrected chi connectivity index (χ1v) is 7.94. The smallest absolute Gasteiger partial charge is 0.276 e. The van der Waals surface area contributed by atoms with Crippen LogP contribution in [0.2, 0.25) is 0 Å². The zero-order valence-electron chi connectivity index (χ0n) is 13.1. The molecule has 0 aliphatic carbocycles. The molecule has 2 aromatic rings. The molecule has 1 amide bonds. The minimum Gasteiger partial charge on any atom is -0.330 e. The lowest BCUT2D eigenvalue weighted by molar-refractivity contribution is 0.0673. The van der Waals surface area contributed by atoms with Gasteiger partial charge in [0, 0.05) is 18.6 Å². The van der Waals surface area contributed by atoms with Crippen LogP contribution >= 0.6 is 12.4 Å². The van der Waals surface area contributed by atoms with Gasteiger partial charge in [-0.15, -0.1) is 17.5 Å². The molecule has 2 bridgehead atoms. The number of aromatic nitrogens is 3. The van der Waals surface area contributed by atoms with Gasteiger partial charge < -0.3 is 10.2 Å². The quantitative estimate of drug-likeness (QED) is 0.896. The van der Waals surface area contributed by atoms with E-state index in [9.17, 15) is 9.18 Å². The van der Waals surface area contributed by atoms with Gasteiger partial charge in [-0.1, -0.05) is 0 Å². The predicted molar refractivity (Wildman–Crippen MR) is 89.0 cm³/mol. The standard InChI is InChI=1S/C16H18FN5O.ClH/c17-11-1-3-13(4-2-11)22-19-10-15(20-22)16(23)21-12-5-6-14(21)9-18-8-7-12;/h1-4,10,12,14,18H,5-9H2;1H. The average molecular weight is 352 g/mol. The highest BCUT2D eigenvalue weighted by molar-refractivity contribution is 5.92. The molecule has 128 valence electrons. The largest absolute Gasteiger partial charge is 0.330 e. The third-order valence-corrected chi connectivity index (χ3v) is 4.66. The molecule has 24 heavy (non-hydrogen) atoms. The highest BCUT2D eigenvalue weighted by Crippen LogP contribution is 2.29. The molecule has 3 heterocycles. The van der Waals surface area contributed by atoms with Gasteiger partial charge in [0.15, 0.2) is 5.69 Å². The van der Waals surface area contributed by atoms with Gasteiger partial charge in [0.1, 0.15) is 5.82 Å². The first-order valence-electron chi connectivity index (χ1n) is 7.94. The zero-order valence-corrected chi connectivity index (χ0v) is 13.9. The first-order chi connectivity index (χ1) is 11.2. The Morgan fingerprint density at radius 3 is 2.71 bits per heavy atom. The van der Waals surface area contributed by atoms with E-state index >= 15 is 0 Å². The van der Waals surface area contributed by atoms with Crippen LogP contribution in [0.4, 0.5) is 4.39 Å². The van der Waals surface area contributed by atoms with E-state index in [-0.39, 0.29) is 30.2 Å². The molecule has 2 fully saturated rings. The van der Waals surface area contributed by atoms with Crippen molar-refractivity contribution in [1.29, 1.82) is 0 Å². The number of hydrogen-bond donors (Lipinski definition) is 1. The van der Waals surface area contributed by atoms with E-state index in [1.165, 1.54) is 23.1 Å². The van der Waals surface area contributed by atoms with Crippen LogP contribution in [-0.2, 0) is 0 Å². The van der Waals surface area contributed by atoms with Crippen molar-refractivity contribution in [3.8, 4) is 5.69 Å². The van der Waals surface area contributed by atoms with Crippen molar-refractivity contribution in [1.82, 2.24) is 25.2 Å². The average Bonchev–Trinajstić information content (AvgIpc) is 3.11. The predicted octanol–water partition coefficient (Wildman–Crippen LogP) is 1.79. The molecule has 2 aliphatic rings. The SMILES string of the molecule is Cl.O=C(c1cnn(-c2ccc(F)cc2)n1)N1C2CCNCC1CC2. The van der Waals surface area contributed by atoms with Gasteiger partial charge in [-0.05, 0) is 50.1 Å². The van der Waals surface area contributed by atoms with Crippen molar-refractivity contribution in [2.45, 2.75) is 31.3 Å². The monoisotopic (exact) mass is 351 g/mol. The van der Waals surface area contributed by atoms with Gasteiger partial charge >= 0.3 is 0 Å². The maximum absolute atomic E-state index is 13.0. The van der Waals surface area contributed by atoms with Crippen LogP contribution in [0.25, 0.3) is 5.69 Å². The Hall–Kier alpha value is -1.99. The third kappa shape index (κ3) is 3.01. The van der Waals surface area contributed by atoms with Gasteiger partial charge in [-0.25, -0.2) is 4.39 Å². The van der Waals surface area contributed by atoms with E-state index < -0.39 is 0 Å². The summed E-state index contributed by atoms with van der Waals surface area (Å²) in [4.78, 5) is 16.2. The lowest BCUT2D eigenvalue weighted by Crippen LogP contribution is -2.42. The van der Waals surface area contributed by atoms with Crippen molar-refractivity contribution < 1.29 is 9.18 Å². The molecule has 2 unspecified atom stereocenters. The summed E-state index contributed by atoms with van der Waals surface area (Å²) in [6, 6.07) is 6.40. The fourth-order valence-corrected chi connectivity index (χ4v) is 3.51. The van der Waals surface area contributed by atoms with Gasteiger partial charge in [0.2, 0.25) is 0 Å². The normalized spacial score (nSPS) is 22.8. The number of carbonyl (C=O) groups is 1. The highest BCUT2D eigenvalue weighted by atomic mass is 35.5. The van der Waals surface area contributed by atoms with E-state index in [2.05, 4.69) is 15.5 Å². The molecule has 1 aromatic heterocycles. The van der Waals surface area contributed by atoms with Crippen LogP contribution in [0.1, 0.15) is 29.8 Å². The molecule has 6 nitrogen and oxygen atoms in total. The van der Waals surface area contributed by atoms with E-state index in [4.69, 9.17) is 0 Å². The summed E-state index contributed by atoms with van der Waals surface area (Å²) in [6.07, 6.45) is 4.57. The summed E-state index contributed by atoms with van der Waals surface area (Å²) in [5, 5.41) is 11.8. The second-order valence-electron chi connectivity index (χ2n) is 6.09. The molecular formula is C16H19ClFN5O. The number of carbonyl (C=O) groups excluding carboxylic acids is 1. The summed E-state index contributed by atoms with van der Waals surface area (Å²) in [5.74, 6) is -0.375. The van der Waals surface area contributed by atoms with Crippen LogP contribution in [0.15, 0.2) is 30.5 Å². The minimum atomic E-state index is -0.314. The summed E-state index contributed by atoms with van der Waals surface area (Å²) in [7, 11) is 0. The van der Waals surface area contributed by atoms with Gasteiger partial charge in [-0.3, -0.25) is 4.79 Å². The van der Waals surface area contributed by atoms with E-state index in [1.54, 1.807) is 12.1 Å². The molecule has 0 radical (unpaired) electrons. The Labute approximate surface area is 145 Å². The zero-order chi connectivity index (χ0) is 15.8. The molecule has 2 saturated heterocycles. The number of halogens is 2. The van der Waals surface area contributed by atoms with Gasteiger partial charge in [0.05, 0.1) is 11.9 Å². The Morgan fingerprint density at radius 1 is 1.17 bits per heavy atom. The van der Waals surface area contributed by atoms with Crippen molar-refractivity contribution in [2.75, 3.05) is 13.1 Å². The molecule has 2 atom stereocenters. The highest BCUT2D eigenvalue weighted by Gasteiger charge is 2.39. The third-order valence-electron chi connectivity index (χ3n) is 4.66. The maximum atomic E-state index is 13.0. The maximum Gasteiger partial charge on any atom is 0.276 e. The number of rotatable bonds is 2. The fourth-order valence-electron chi connectivity index (χ4n) is 3.51. The van der Waals surface area contributed by atoms with Crippen molar-refractivity contribution in [2.24, 2.45) is 0 Å². The second kappa shape index (κ2) is 6.86. The van der Waals surface area contributed by atoms with Gasteiger partial charge in [-0.2, -0.15) is 9.90 Å². The lowest BCUT2D eigenvalue weighted by Gasteiger charge is -2.26. The Bertz CT molecular complexity index is 706. The number of amides is 1. The molecule has 1 aromatic carbocycles. The van der Waals surface area contributed by atoms with E-state index in [1.807, 2.05) is 4.90 Å². The number of fused-ring (bicyclic) bond motifs is 2. The fraction of sp³-hybridized carbons (Fsp3) is 0.438. The second-order valence-corrected chi connectivity index (χ2v) is 6.09. The molecule has 0 saturated carbocycles. The molecule has 2 aliphatic heterocycles. The topological polar surface area (TPSA) is 63.1 Å². The van der Waals surface area contributed by atoms with Crippen LogP contribution < -0.4 is 5.32 Å². The van der Waals surface area contributed by atoms with Crippen molar-refractivity contribution in [3.05, 3.63) is 42.0 Å². The number of nitrogens with one attached hydrogen (secondary N) is 1. The first kappa shape index (κ1) is 16.9. The molecule has 0 spiro atoms.